The zero-order chi connectivity index (χ0) is 21.0. The molecule has 6 nitrogen and oxygen atoms in total. The Morgan fingerprint density at radius 2 is 1.83 bits per heavy atom. The van der Waals surface area contributed by atoms with Gasteiger partial charge >= 0.3 is 0 Å². The van der Waals surface area contributed by atoms with Crippen molar-refractivity contribution in [3.05, 3.63) is 69.2 Å². The van der Waals surface area contributed by atoms with Crippen LogP contribution in [0.5, 0.6) is 0 Å². The standard InChI is InChI=1S/C21H21Cl2N3O3/c1-24-19(27)14-6-4-13(5-7-14)12-25-20(28)18-3-2-10-26(18)21(29)16-11-15(22)8-9-17(16)23/h4-9,11,18H,2-3,10,12H2,1H3,(H,24,27)(H,25,28). The van der Waals surface area contributed by atoms with E-state index in [-0.39, 0.29) is 17.7 Å². The average molecular weight is 434 g/mol. The summed E-state index contributed by atoms with van der Waals surface area (Å²) in [5, 5.41) is 6.16. The van der Waals surface area contributed by atoms with Crippen molar-refractivity contribution in [2.75, 3.05) is 13.6 Å². The zero-order valence-electron chi connectivity index (χ0n) is 15.9. The number of carbonyl (C=O) groups is 3. The molecule has 0 aliphatic carbocycles. The molecule has 152 valence electrons. The van der Waals surface area contributed by atoms with E-state index in [1.54, 1.807) is 48.3 Å². The SMILES string of the molecule is CNC(=O)c1ccc(CNC(=O)C2CCCN2C(=O)c2cc(Cl)ccc2Cl)cc1. The van der Waals surface area contributed by atoms with Gasteiger partial charge in [0, 0.05) is 30.7 Å². The number of nitrogens with one attached hydrogen (secondary N) is 2. The number of hydrogen-bond acceptors (Lipinski definition) is 3. The predicted octanol–water partition coefficient (Wildman–Crippen LogP) is 3.27. The van der Waals surface area contributed by atoms with E-state index in [1.807, 2.05) is 0 Å². The van der Waals surface area contributed by atoms with Crippen LogP contribution in [0.25, 0.3) is 0 Å². The Balaban J connectivity index is 1.65. The van der Waals surface area contributed by atoms with Gasteiger partial charge in [-0.15, -0.1) is 0 Å². The first-order chi connectivity index (χ1) is 13.9. The van der Waals surface area contributed by atoms with Gasteiger partial charge in [0.05, 0.1) is 10.6 Å². The monoisotopic (exact) mass is 433 g/mol. The average Bonchev–Trinajstić information content (AvgIpc) is 3.23. The molecular weight excluding hydrogens is 413 g/mol. The highest BCUT2D eigenvalue weighted by Gasteiger charge is 2.35. The van der Waals surface area contributed by atoms with Crippen LogP contribution >= 0.6 is 23.2 Å². The van der Waals surface area contributed by atoms with Gasteiger partial charge in [-0.3, -0.25) is 14.4 Å². The molecule has 3 amide bonds. The quantitative estimate of drug-likeness (QED) is 0.759. The first-order valence-corrected chi connectivity index (χ1v) is 10.0. The molecule has 1 unspecified atom stereocenters. The van der Waals surface area contributed by atoms with Gasteiger partial charge in [0.25, 0.3) is 11.8 Å². The Bertz CT molecular complexity index is 931. The predicted molar refractivity (Wildman–Crippen MR) is 112 cm³/mol. The third-order valence-electron chi connectivity index (χ3n) is 4.89. The number of rotatable bonds is 5. The van der Waals surface area contributed by atoms with Gasteiger partial charge in [-0.2, -0.15) is 0 Å². The normalized spacial score (nSPS) is 15.8. The van der Waals surface area contributed by atoms with E-state index < -0.39 is 6.04 Å². The summed E-state index contributed by atoms with van der Waals surface area (Å²) in [6, 6.07) is 11.1. The second-order valence-electron chi connectivity index (χ2n) is 6.77. The van der Waals surface area contributed by atoms with E-state index >= 15 is 0 Å². The summed E-state index contributed by atoms with van der Waals surface area (Å²) in [4.78, 5) is 38.7. The summed E-state index contributed by atoms with van der Waals surface area (Å²) in [6.07, 6.45) is 1.33. The molecule has 2 aromatic rings. The summed E-state index contributed by atoms with van der Waals surface area (Å²) in [5.41, 5.74) is 1.71. The molecule has 1 aliphatic heterocycles. The van der Waals surface area contributed by atoms with Crippen LogP contribution in [0, 0.1) is 0 Å². The fraction of sp³-hybridized carbons (Fsp3) is 0.286. The van der Waals surface area contributed by atoms with Gasteiger partial charge in [-0.05, 0) is 48.7 Å². The first-order valence-electron chi connectivity index (χ1n) is 9.25. The van der Waals surface area contributed by atoms with Crippen molar-refractivity contribution >= 4 is 40.9 Å². The van der Waals surface area contributed by atoms with Crippen molar-refractivity contribution in [2.45, 2.75) is 25.4 Å². The van der Waals surface area contributed by atoms with Crippen molar-refractivity contribution < 1.29 is 14.4 Å². The molecule has 3 rings (SSSR count). The molecule has 2 aromatic carbocycles. The lowest BCUT2D eigenvalue weighted by Gasteiger charge is -2.24. The maximum Gasteiger partial charge on any atom is 0.256 e. The molecule has 1 atom stereocenters. The van der Waals surface area contributed by atoms with Gasteiger partial charge in [-0.1, -0.05) is 35.3 Å². The minimum absolute atomic E-state index is 0.166. The van der Waals surface area contributed by atoms with Crippen LogP contribution in [0.1, 0.15) is 39.1 Å². The lowest BCUT2D eigenvalue weighted by Crippen LogP contribution is -2.45. The van der Waals surface area contributed by atoms with E-state index in [0.717, 1.165) is 12.0 Å². The van der Waals surface area contributed by atoms with Crippen molar-refractivity contribution in [2.24, 2.45) is 0 Å². The highest BCUT2D eigenvalue weighted by molar-refractivity contribution is 6.35. The van der Waals surface area contributed by atoms with Gasteiger partial charge in [0.15, 0.2) is 0 Å². The summed E-state index contributed by atoms with van der Waals surface area (Å²) in [7, 11) is 1.57. The molecule has 29 heavy (non-hydrogen) atoms. The molecule has 1 fully saturated rings. The van der Waals surface area contributed by atoms with E-state index in [4.69, 9.17) is 23.2 Å². The first kappa shape index (κ1) is 21.1. The Kier molecular flexibility index (Phi) is 6.77. The maximum absolute atomic E-state index is 12.9. The highest BCUT2D eigenvalue weighted by atomic mass is 35.5. The van der Waals surface area contributed by atoms with Crippen LogP contribution < -0.4 is 10.6 Å². The Labute approximate surface area is 179 Å². The molecule has 0 spiro atoms. The molecule has 1 heterocycles. The fourth-order valence-electron chi connectivity index (χ4n) is 3.32. The van der Waals surface area contributed by atoms with Gasteiger partial charge in [-0.25, -0.2) is 0 Å². The molecule has 0 saturated carbocycles. The Morgan fingerprint density at radius 1 is 1.10 bits per heavy atom. The third kappa shape index (κ3) is 4.89. The largest absolute Gasteiger partial charge is 0.355 e. The summed E-state index contributed by atoms with van der Waals surface area (Å²) < 4.78 is 0. The number of amides is 3. The van der Waals surface area contributed by atoms with Gasteiger partial charge in [0.2, 0.25) is 5.91 Å². The third-order valence-corrected chi connectivity index (χ3v) is 5.45. The minimum Gasteiger partial charge on any atom is -0.355 e. The van der Waals surface area contributed by atoms with Crippen molar-refractivity contribution in [3.63, 3.8) is 0 Å². The number of benzene rings is 2. The second-order valence-corrected chi connectivity index (χ2v) is 7.62. The lowest BCUT2D eigenvalue weighted by atomic mass is 10.1. The van der Waals surface area contributed by atoms with Gasteiger partial charge < -0.3 is 15.5 Å². The molecule has 1 aliphatic rings. The van der Waals surface area contributed by atoms with Crippen molar-refractivity contribution in [1.82, 2.24) is 15.5 Å². The molecule has 8 heteroatoms. The lowest BCUT2D eigenvalue weighted by molar-refractivity contribution is -0.125. The molecule has 0 aromatic heterocycles. The van der Waals surface area contributed by atoms with Crippen LogP contribution in [-0.2, 0) is 11.3 Å². The van der Waals surface area contributed by atoms with E-state index in [0.29, 0.717) is 40.7 Å². The number of halogens is 2. The number of hydrogen-bond donors (Lipinski definition) is 2. The topological polar surface area (TPSA) is 78.5 Å². The van der Waals surface area contributed by atoms with Crippen LogP contribution in [0.15, 0.2) is 42.5 Å². The van der Waals surface area contributed by atoms with Crippen molar-refractivity contribution in [3.8, 4) is 0 Å². The molecule has 0 radical (unpaired) electrons. The van der Waals surface area contributed by atoms with Crippen LogP contribution in [0.2, 0.25) is 10.0 Å². The highest BCUT2D eigenvalue weighted by Crippen LogP contribution is 2.26. The van der Waals surface area contributed by atoms with Crippen LogP contribution in [0.3, 0.4) is 0 Å². The summed E-state index contributed by atoms with van der Waals surface area (Å²) in [6.45, 7) is 0.796. The van der Waals surface area contributed by atoms with E-state index in [2.05, 4.69) is 10.6 Å². The summed E-state index contributed by atoms with van der Waals surface area (Å²) in [5.74, 6) is -0.685. The van der Waals surface area contributed by atoms with E-state index in [1.165, 1.54) is 6.07 Å². The molecule has 0 bridgehead atoms. The number of likely N-dealkylation sites (tertiary alicyclic amines) is 1. The van der Waals surface area contributed by atoms with Crippen molar-refractivity contribution in [1.29, 1.82) is 0 Å². The number of nitrogens with zero attached hydrogens (tertiary/aromatic N) is 1. The van der Waals surface area contributed by atoms with E-state index in [9.17, 15) is 14.4 Å². The Hall–Kier alpha value is -2.57. The smallest absolute Gasteiger partial charge is 0.256 e. The molecule has 2 N–H and O–H groups in total. The summed E-state index contributed by atoms with van der Waals surface area (Å²) >= 11 is 12.1. The maximum atomic E-state index is 12.9. The van der Waals surface area contributed by atoms with Crippen LogP contribution in [0.4, 0.5) is 0 Å². The van der Waals surface area contributed by atoms with Crippen LogP contribution in [-0.4, -0.2) is 42.3 Å². The number of carbonyl (C=O) groups excluding carboxylic acids is 3. The minimum atomic E-state index is -0.553. The zero-order valence-corrected chi connectivity index (χ0v) is 17.4. The fourth-order valence-corrected chi connectivity index (χ4v) is 3.69. The molecular formula is C21H21Cl2N3O3. The second kappa shape index (κ2) is 9.29. The Morgan fingerprint density at radius 3 is 2.52 bits per heavy atom. The molecule has 1 saturated heterocycles. The van der Waals surface area contributed by atoms with Gasteiger partial charge in [0.1, 0.15) is 6.04 Å².